The Morgan fingerprint density at radius 2 is 1.97 bits per heavy atom. The first-order valence-electron chi connectivity index (χ1n) is 10.1. The number of nitrogens with one attached hydrogen (secondary N) is 2. The first kappa shape index (κ1) is 20.5. The van der Waals surface area contributed by atoms with Gasteiger partial charge in [0.1, 0.15) is 17.4 Å². The minimum atomic E-state index is -0.478. The highest BCUT2D eigenvalue weighted by Gasteiger charge is 2.15. The van der Waals surface area contributed by atoms with Crippen LogP contribution in [0.2, 0.25) is 0 Å². The van der Waals surface area contributed by atoms with Crippen molar-refractivity contribution in [3.8, 4) is 11.8 Å². The van der Waals surface area contributed by atoms with Crippen molar-refractivity contribution in [2.75, 3.05) is 5.32 Å². The molecule has 5 nitrogen and oxygen atoms in total. The number of aryl methyl sites for hydroxylation is 3. The molecule has 0 heterocycles. The maximum Gasteiger partial charge on any atom is 0.267 e. The van der Waals surface area contributed by atoms with Gasteiger partial charge in [-0.1, -0.05) is 25.1 Å². The third-order valence-corrected chi connectivity index (χ3v) is 5.44. The standard InChI is InChI=1S/C24H27N3O2/c1-3-22(19-9-8-17-6-4-5-7-18(17)13-19)26-15-20(14-25)24(29)27-23-11-10-21(28)12-16(23)2/h8-13,15,22,26,28H,3-7H2,1-2H3,(H,27,29)/b20-15-. The smallest absolute Gasteiger partial charge is 0.267 e. The van der Waals surface area contributed by atoms with E-state index in [-0.39, 0.29) is 17.4 Å². The highest BCUT2D eigenvalue weighted by Crippen LogP contribution is 2.26. The number of amides is 1. The lowest BCUT2D eigenvalue weighted by molar-refractivity contribution is -0.112. The van der Waals surface area contributed by atoms with Crippen molar-refractivity contribution in [3.63, 3.8) is 0 Å². The molecule has 1 atom stereocenters. The van der Waals surface area contributed by atoms with Gasteiger partial charge in [-0.25, -0.2) is 0 Å². The van der Waals surface area contributed by atoms with Gasteiger partial charge in [0.15, 0.2) is 0 Å². The van der Waals surface area contributed by atoms with Crippen LogP contribution in [0.4, 0.5) is 5.69 Å². The van der Waals surface area contributed by atoms with E-state index in [0.717, 1.165) is 24.8 Å². The molecule has 1 amide bonds. The summed E-state index contributed by atoms with van der Waals surface area (Å²) in [6, 6.07) is 13.3. The third-order valence-electron chi connectivity index (χ3n) is 5.44. The van der Waals surface area contributed by atoms with Gasteiger partial charge in [0, 0.05) is 11.9 Å². The predicted octanol–water partition coefficient (Wildman–Crippen LogP) is 4.67. The lowest BCUT2D eigenvalue weighted by Crippen LogP contribution is -2.20. The number of rotatable bonds is 6. The molecule has 29 heavy (non-hydrogen) atoms. The molecule has 2 aromatic rings. The summed E-state index contributed by atoms with van der Waals surface area (Å²) in [7, 11) is 0. The van der Waals surface area contributed by atoms with E-state index >= 15 is 0 Å². The normalized spacial score (nSPS) is 14.4. The second-order valence-corrected chi connectivity index (χ2v) is 7.49. The number of anilines is 1. The van der Waals surface area contributed by atoms with Crippen molar-refractivity contribution in [1.29, 1.82) is 5.26 Å². The van der Waals surface area contributed by atoms with Gasteiger partial charge in [-0.05, 0) is 79.5 Å². The Labute approximate surface area is 172 Å². The molecule has 0 saturated carbocycles. The highest BCUT2D eigenvalue weighted by atomic mass is 16.3. The molecule has 0 saturated heterocycles. The number of benzene rings is 2. The van der Waals surface area contributed by atoms with Crippen LogP contribution < -0.4 is 10.6 Å². The molecule has 0 aromatic heterocycles. The summed E-state index contributed by atoms with van der Waals surface area (Å²) in [4.78, 5) is 12.5. The second kappa shape index (κ2) is 9.29. The van der Waals surface area contributed by atoms with Crippen LogP contribution in [0.15, 0.2) is 48.2 Å². The second-order valence-electron chi connectivity index (χ2n) is 7.49. The fourth-order valence-corrected chi connectivity index (χ4v) is 3.73. The molecular weight excluding hydrogens is 362 g/mol. The Morgan fingerprint density at radius 1 is 1.21 bits per heavy atom. The van der Waals surface area contributed by atoms with Gasteiger partial charge in [0.05, 0.1) is 6.04 Å². The number of nitrogens with zero attached hydrogens (tertiary/aromatic N) is 1. The Morgan fingerprint density at radius 3 is 2.66 bits per heavy atom. The number of phenols is 1. The van der Waals surface area contributed by atoms with Gasteiger partial charge in [0.2, 0.25) is 0 Å². The average Bonchev–Trinajstić information content (AvgIpc) is 2.73. The van der Waals surface area contributed by atoms with Crippen molar-refractivity contribution in [1.82, 2.24) is 5.32 Å². The topological polar surface area (TPSA) is 85.2 Å². The lowest BCUT2D eigenvalue weighted by Gasteiger charge is -2.21. The highest BCUT2D eigenvalue weighted by molar-refractivity contribution is 6.06. The zero-order valence-electron chi connectivity index (χ0n) is 17.0. The van der Waals surface area contributed by atoms with E-state index in [2.05, 4.69) is 35.8 Å². The molecule has 5 heteroatoms. The Kier molecular flexibility index (Phi) is 6.56. The van der Waals surface area contributed by atoms with Crippen molar-refractivity contribution in [3.05, 3.63) is 70.4 Å². The Balaban J connectivity index is 1.72. The Hall–Kier alpha value is -3.26. The maximum absolute atomic E-state index is 12.5. The number of aromatic hydroxyl groups is 1. The number of carbonyl (C=O) groups excluding carboxylic acids is 1. The Bertz CT molecular complexity index is 973. The maximum atomic E-state index is 12.5. The van der Waals surface area contributed by atoms with E-state index in [1.54, 1.807) is 19.1 Å². The van der Waals surface area contributed by atoms with Crippen LogP contribution in [0, 0.1) is 18.3 Å². The summed E-state index contributed by atoms with van der Waals surface area (Å²) in [5.41, 5.74) is 5.33. The van der Waals surface area contributed by atoms with E-state index in [1.807, 2.05) is 6.07 Å². The molecule has 150 valence electrons. The van der Waals surface area contributed by atoms with E-state index in [4.69, 9.17) is 0 Å². The summed E-state index contributed by atoms with van der Waals surface area (Å²) in [6.07, 6.45) is 7.09. The van der Waals surface area contributed by atoms with Crippen molar-refractivity contribution in [2.45, 2.75) is 52.0 Å². The molecule has 0 bridgehead atoms. The molecule has 3 N–H and O–H groups in total. The van der Waals surface area contributed by atoms with Crippen molar-refractivity contribution >= 4 is 11.6 Å². The van der Waals surface area contributed by atoms with Crippen molar-refractivity contribution < 1.29 is 9.90 Å². The van der Waals surface area contributed by atoms with Gasteiger partial charge in [-0.15, -0.1) is 0 Å². The molecule has 3 rings (SSSR count). The summed E-state index contributed by atoms with van der Waals surface area (Å²) in [6.45, 7) is 3.86. The fourth-order valence-electron chi connectivity index (χ4n) is 3.73. The first-order valence-corrected chi connectivity index (χ1v) is 10.1. The number of nitriles is 1. The molecular formula is C24H27N3O2. The number of fused-ring (bicyclic) bond motifs is 1. The van der Waals surface area contributed by atoms with Crippen LogP contribution in [0.25, 0.3) is 0 Å². The van der Waals surface area contributed by atoms with E-state index in [0.29, 0.717) is 5.69 Å². The van der Waals surface area contributed by atoms with Gasteiger partial charge in [0.25, 0.3) is 5.91 Å². The SMILES string of the molecule is CCC(N/C=C(/C#N)C(=O)Nc1ccc(O)cc1C)c1ccc2c(c1)CCCC2. The van der Waals surface area contributed by atoms with Gasteiger partial charge < -0.3 is 15.7 Å². The van der Waals surface area contributed by atoms with Crippen LogP contribution in [-0.2, 0) is 17.6 Å². The molecule has 1 unspecified atom stereocenters. The molecule has 2 aromatic carbocycles. The van der Waals surface area contributed by atoms with E-state index < -0.39 is 5.91 Å². The summed E-state index contributed by atoms with van der Waals surface area (Å²) >= 11 is 0. The zero-order chi connectivity index (χ0) is 20.8. The van der Waals surface area contributed by atoms with Crippen LogP contribution >= 0.6 is 0 Å². The van der Waals surface area contributed by atoms with Crippen LogP contribution in [-0.4, -0.2) is 11.0 Å². The molecule has 0 radical (unpaired) electrons. The molecule has 0 aliphatic heterocycles. The van der Waals surface area contributed by atoms with Crippen LogP contribution in [0.1, 0.15) is 54.5 Å². The predicted molar refractivity (Wildman–Crippen MR) is 114 cm³/mol. The monoisotopic (exact) mass is 389 g/mol. The van der Waals surface area contributed by atoms with Gasteiger partial charge >= 0.3 is 0 Å². The third kappa shape index (κ3) is 4.97. The number of carbonyl (C=O) groups is 1. The fraction of sp³-hybridized carbons (Fsp3) is 0.333. The minimum absolute atomic E-state index is 0.00823. The summed E-state index contributed by atoms with van der Waals surface area (Å²) in [5.74, 6) is -0.344. The number of phenolic OH excluding ortho intramolecular Hbond substituents is 1. The van der Waals surface area contributed by atoms with Crippen LogP contribution in [0.5, 0.6) is 5.75 Å². The lowest BCUT2D eigenvalue weighted by atomic mass is 9.89. The molecule has 1 aliphatic rings. The van der Waals surface area contributed by atoms with E-state index in [9.17, 15) is 15.2 Å². The molecule has 0 fully saturated rings. The largest absolute Gasteiger partial charge is 0.508 e. The number of hydrogen-bond donors (Lipinski definition) is 3. The van der Waals surface area contributed by atoms with Crippen LogP contribution in [0.3, 0.4) is 0 Å². The molecule has 1 aliphatic carbocycles. The average molecular weight is 389 g/mol. The van der Waals surface area contributed by atoms with Crippen molar-refractivity contribution in [2.24, 2.45) is 0 Å². The zero-order valence-corrected chi connectivity index (χ0v) is 17.0. The minimum Gasteiger partial charge on any atom is -0.508 e. The summed E-state index contributed by atoms with van der Waals surface area (Å²) < 4.78 is 0. The first-order chi connectivity index (χ1) is 14.0. The summed E-state index contributed by atoms with van der Waals surface area (Å²) in [5, 5.41) is 24.9. The quantitative estimate of drug-likeness (QED) is 0.381. The van der Waals surface area contributed by atoms with E-state index in [1.165, 1.54) is 41.8 Å². The number of hydrogen-bond acceptors (Lipinski definition) is 4. The van der Waals surface area contributed by atoms with Gasteiger partial charge in [-0.2, -0.15) is 5.26 Å². The molecule has 0 spiro atoms. The van der Waals surface area contributed by atoms with Gasteiger partial charge in [-0.3, -0.25) is 4.79 Å².